The number of ether oxygens (including phenoxy) is 2. The van der Waals surface area contributed by atoms with Gasteiger partial charge in [-0.2, -0.15) is 0 Å². The summed E-state index contributed by atoms with van der Waals surface area (Å²) in [6.45, 7) is 5.37. The molecular formula is C14H19NO2. The minimum atomic E-state index is 0.440. The predicted octanol–water partition coefficient (Wildman–Crippen LogP) is 2.34. The van der Waals surface area contributed by atoms with Gasteiger partial charge in [0.1, 0.15) is 0 Å². The lowest BCUT2D eigenvalue weighted by atomic mass is 10.2. The maximum absolute atomic E-state index is 5.71. The fraction of sp³-hybridized carbons (Fsp3) is 0.429. The maximum atomic E-state index is 5.71. The molecule has 0 aliphatic carbocycles. The predicted molar refractivity (Wildman–Crippen MR) is 69.1 cm³/mol. The Kier molecular flexibility index (Phi) is 5.98. The van der Waals surface area contributed by atoms with Gasteiger partial charge in [0, 0.05) is 18.5 Å². The number of benzene rings is 1. The summed E-state index contributed by atoms with van der Waals surface area (Å²) >= 11 is 0. The molecule has 0 aliphatic rings. The van der Waals surface area contributed by atoms with Crippen molar-refractivity contribution in [1.82, 2.24) is 0 Å². The second-order valence-electron chi connectivity index (χ2n) is 3.41. The molecule has 0 saturated heterocycles. The van der Waals surface area contributed by atoms with E-state index in [2.05, 4.69) is 11.8 Å². The lowest BCUT2D eigenvalue weighted by Gasteiger charge is -2.14. The summed E-state index contributed by atoms with van der Waals surface area (Å²) in [6, 6.07) is 5.76. The molecule has 0 aromatic heterocycles. The molecule has 92 valence electrons. The third-order valence-electron chi connectivity index (χ3n) is 2.23. The first-order valence-corrected chi connectivity index (χ1v) is 5.80. The molecule has 0 aliphatic heterocycles. The lowest BCUT2D eigenvalue weighted by molar-refractivity contribution is 0.279. The molecule has 3 heteroatoms. The molecule has 1 aromatic carbocycles. The molecule has 3 nitrogen and oxygen atoms in total. The normalized spacial score (nSPS) is 9.35. The number of hydrogen-bond acceptors (Lipinski definition) is 3. The third-order valence-corrected chi connectivity index (χ3v) is 2.23. The maximum Gasteiger partial charge on any atom is 0.165 e. The summed E-state index contributed by atoms with van der Waals surface area (Å²) < 4.78 is 11.2. The molecule has 2 N–H and O–H groups in total. The highest BCUT2D eigenvalue weighted by atomic mass is 16.5. The molecule has 17 heavy (non-hydrogen) atoms. The first-order valence-electron chi connectivity index (χ1n) is 5.80. The van der Waals surface area contributed by atoms with Crippen LogP contribution in [-0.4, -0.2) is 13.2 Å². The first kappa shape index (κ1) is 13.4. The Bertz CT molecular complexity index is 404. The number of para-hydroxylation sites is 1. The number of rotatable bonds is 6. The zero-order chi connectivity index (χ0) is 12.5. The Morgan fingerprint density at radius 1 is 1.29 bits per heavy atom. The fourth-order valence-corrected chi connectivity index (χ4v) is 1.48. The molecule has 0 saturated carbocycles. The van der Waals surface area contributed by atoms with Crippen molar-refractivity contribution >= 4 is 0 Å². The Labute approximate surface area is 103 Å². The van der Waals surface area contributed by atoms with Crippen molar-refractivity contribution in [3.63, 3.8) is 0 Å². The highest BCUT2D eigenvalue weighted by molar-refractivity contribution is 5.46. The molecule has 0 bridgehead atoms. The van der Waals surface area contributed by atoms with Gasteiger partial charge in [-0.05, 0) is 19.9 Å². The van der Waals surface area contributed by atoms with E-state index in [0.717, 1.165) is 17.1 Å². The van der Waals surface area contributed by atoms with Gasteiger partial charge < -0.3 is 15.2 Å². The second-order valence-corrected chi connectivity index (χ2v) is 3.41. The van der Waals surface area contributed by atoms with Gasteiger partial charge in [0.15, 0.2) is 11.5 Å². The summed E-state index contributed by atoms with van der Waals surface area (Å²) in [5.41, 5.74) is 6.64. The van der Waals surface area contributed by atoms with Crippen LogP contribution in [0.15, 0.2) is 18.2 Å². The minimum absolute atomic E-state index is 0.440. The summed E-state index contributed by atoms with van der Waals surface area (Å²) in [4.78, 5) is 0. The summed E-state index contributed by atoms with van der Waals surface area (Å²) in [5.74, 6) is 7.29. The van der Waals surface area contributed by atoms with E-state index in [-0.39, 0.29) is 0 Å². The van der Waals surface area contributed by atoms with Gasteiger partial charge in [0.2, 0.25) is 0 Å². The van der Waals surface area contributed by atoms with E-state index in [1.807, 2.05) is 32.0 Å². The van der Waals surface area contributed by atoms with E-state index >= 15 is 0 Å². The second kappa shape index (κ2) is 7.59. The molecular weight excluding hydrogens is 214 g/mol. The standard InChI is InChI=1S/C14H19NO2/c1-3-5-6-10-17-14-12(11-15)8-7-9-13(14)16-4-2/h7-9H,4,6,10-11,15H2,1-2H3. The zero-order valence-corrected chi connectivity index (χ0v) is 10.5. The van der Waals surface area contributed by atoms with Crippen molar-refractivity contribution in [2.75, 3.05) is 13.2 Å². The minimum Gasteiger partial charge on any atom is -0.490 e. The van der Waals surface area contributed by atoms with Gasteiger partial charge in [0.05, 0.1) is 13.2 Å². The van der Waals surface area contributed by atoms with E-state index < -0.39 is 0 Å². The smallest absolute Gasteiger partial charge is 0.165 e. The van der Waals surface area contributed by atoms with Gasteiger partial charge in [0.25, 0.3) is 0 Å². The van der Waals surface area contributed by atoms with Crippen molar-refractivity contribution in [2.45, 2.75) is 26.8 Å². The van der Waals surface area contributed by atoms with Crippen molar-refractivity contribution in [2.24, 2.45) is 5.73 Å². The van der Waals surface area contributed by atoms with E-state index in [4.69, 9.17) is 15.2 Å². The van der Waals surface area contributed by atoms with Crippen LogP contribution >= 0.6 is 0 Å². The van der Waals surface area contributed by atoms with Crippen LogP contribution in [0.25, 0.3) is 0 Å². The zero-order valence-electron chi connectivity index (χ0n) is 10.5. The Morgan fingerprint density at radius 3 is 2.76 bits per heavy atom. The molecule has 1 aromatic rings. The topological polar surface area (TPSA) is 44.5 Å². The van der Waals surface area contributed by atoms with Gasteiger partial charge in [-0.25, -0.2) is 0 Å². The quantitative estimate of drug-likeness (QED) is 0.606. The van der Waals surface area contributed by atoms with Gasteiger partial charge in [-0.3, -0.25) is 0 Å². The lowest BCUT2D eigenvalue weighted by Crippen LogP contribution is -2.06. The molecule has 0 spiro atoms. The van der Waals surface area contributed by atoms with E-state index in [9.17, 15) is 0 Å². The number of hydrogen-bond donors (Lipinski definition) is 1. The molecule has 0 atom stereocenters. The molecule has 1 rings (SSSR count). The van der Waals surface area contributed by atoms with Crippen LogP contribution in [0.1, 0.15) is 25.8 Å². The van der Waals surface area contributed by atoms with Crippen LogP contribution in [-0.2, 0) is 6.54 Å². The average molecular weight is 233 g/mol. The van der Waals surface area contributed by atoms with Crippen molar-refractivity contribution in [3.05, 3.63) is 23.8 Å². The molecule has 0 radical (unpaired) electrons. The Morgan fingerprint density at radius 2 is 2.12 bits per heavy atom. The fourth-order valence-electron chi connectivity index (χ4n) is 1.48. The van der Waals surface area contributed by atoms with Crippen LogP contribution in [0.2, 0.25) is 0 Å². The van der Waals surface area contributed by atoms with Crippen LogP contribution in [0.5, 0.6) is 11.5 Å². The largest absolute Gasteiger partial charge is 0.490 e. The summed E-state index contributed by atoms with van der Waals surface area (Å²) in [5, 5.41) is 0. The van der Waals surface area contributed by atoms with Crippen LogP contribution in [0.3, 0.4) is 0 Å². The number of nitrogens with two attached hydrogens (primary N) is 1. The monoisotopic (exact) mass is 233 g/mol. The van der Waals surface area contributed by atoms with Crippen LogP contribution in [0, 0.1) is 11.8 Å². The third kappa shape index (κ3) is 4.01. The highest BCUT2D eigenvalue weighted by Gasteiger charge is 2.09. The van der Waals surface area contributed by atoms with Crippen molar-refractivity contribution in [3.8, 4) is 23.3 Å². The van der Waals surface area contributed by atoms with Crippen LogP contribution in [0.4, 0.5) is 0 Å². The van der Waals surface area contributed by atoms with Gasteiger partial charge >= 0.3 is 0 Å². The van der Waals surface area contributed by atoms with Crippen LogP contribution < -0.4 is 15.2 Å². The van der Waals surface area contributed by atoms with Crippen molar-refractivity contribution in [1.29, 1.82) is 0 Å². The Hall–Kier alpha value is -1.66. The van der Waals surface area contributed by atoms with E-state index in [1.165, 1.54) is 0 Å². The SMILES string of the molecule is CC#CCCOc1c(CN)cccc1OCC. The molecule has 0 fully saturated rings. The van der Waals surface area contributed by atoms with Gasteiger partial charge in [-0.1, -0.05) is 12.1 Å². The highest BCUT2D eigenvalue weighted by Crippen LogP contribution is 2.31. The Balaban J connectivity index is 2.79. The van der Waals surface area contributed by atoms with Crippen molar-refractivity contribution < 1.29 is 9.47 Å². The average Bonchev–Trinajstić information content (AvgIpc) is 2.36. The summed E-state index contributed by atoms with van der Waals surface area (Å²) in [7, 11) is 0. The summed E-state index contributed by atoms with van der Waals surface area (Å²) in [6.07, 6.45) is 0.709. The molecule has 0 heterocycles. The van der Waals surface area contributed by atoms with E-state index in [0.29, 0.717) is 26.2 Å². The molecule has 0 unspecified atom stereocenters. The van der Waals surface area contributed by atoms with E-state index in [1.54, 1.807) is 0 Å². The first-order chi connectivity index (χ1) is 8.33. The molecule has 0 amide bonds. The van der Waals surface area contributed by atoms with Gasteiger partial charge in [-0.15, -0.1) is 11.8 Å².